The van der Waals surface area contributed by atoms with Crippen LogP contribution in [0.4, 0.5) is 11.4 Å². The second-order valence-corrected chi connectivity index (χ2v) is 12.3. The molecule has 6 nitrogen and oxygen atoms in total. The van der Waals surface area contributed by atoms with Gasteiger partial charge in [-0.05, 0) is 95.9 Å². The van der Waals surface area contributed by atoms with Crippen LogP contribution in [0.2, 0.25) is 0 Å². The number of rotatable bonds is 7. The van der Waals surface area contributed by atoms with Crippen LogP contribution in [-0.4, -0.2) is 18.9 Å². The van der Waals surface area contributed by atoms with Crippen molar-refractivity contribution in [3.63, 3.8) is 0 Å². The van der Waals surface area contributed by atoms with Gasteiger partial charge in [-0.15, -0.1) is 0 Å². The van der Waals surface area contributed by atoms with Gasteiger partial charge in [0.05, 0.1) is 23.9 Å². The second kappa shape index (κ2) is 11.0. The molecule has 2 aliphatic heterocycles. The fraction of sp³-hybridized carbons (Fsp3) is 0.179. The predicted octanol–water partition coefficient (Wildman–Crippen LogP) is 8.44. The van der Waals surface area contributed by atoms with Gasteiger partial charge in [-0.2, -0.15) is 0 Å². The van der Waals surface area contributed by atoms with Gasteiger partial charge in [0.1, 0.15) is 17.2 Å². The SMILES string of the molecule is COc1ccc(C(C)(C)c2ccc(Oc3ccc4c(c3)CN(c3cccc(N5C(=O)c6ccc(C)cc6C5=O)c3)C4)cc2)cc1. The summed E-state index contributed by atoms with van der Waals surface area (Å²) in [4.78, 5) is 29.9. The number of hydrogen-bond donors (Lipinski definition) is 0. The molecule has 0 unspecified atom stereocenters. The summed E-state index contributed by atoms with van der Waals surface area (Å²) in [6, 6.07) is 35.8. The van der Waals surface area contributed by atoms with E-state index in [0.717, 1.165) is 35.0 Å². The molecule has 0 fully saturated rings. The average Bonchev–Trinajstić information content (AvgIpc) is 3.59. The molecule has 6 heteroatoms. The third kappa shape index (κ3) is 5.12. The largest absolute Gasteiger partial charge is 0.497 e. The lowest BCUT2D eigenvalue weighted by Crippen LogP contribution is -2.29. The average molecular weight is 595 g/mol. The molecule has 0 N–H and O–H groups in total. The monoisotopic (exact) mass is 594 g/mol. The molecule has 0 spiro atoms. The van der Waals surface area contributed by atoms with Crippen molar-refractivity contribution in [2.24, 2.45) is 0 Å². The number of benzene rings is 5. The van der Waals surface area contributed by atoms with Crippen LogP contribution in [0.5, 0.6) is 17.2 Å². The normalized spacial score (nSPS) is 14.0. The van der Waals surface area contributed by atoms with Gasteiger partial charge in [-0.1, -0.05) is 61.9 Å². The zero-order valence-electron chi connectivity index (χ0n) is 25.8. The Kier molecular flexibility index (Phi) is 6.93. The quantitative estimate of drug-likeness (QED) is 0.177. The van der Waals surface area contributed by atoms with Crippen LogP contribution in [0.15, 0.2) is 109 Å². The van der Waals surface area contributed by atoms with Crippen molar-refractivity contribution in [3.8, 4) is 17.2 Å². The van der Waals surface area contributed by atoms with Crippen LogP contribution in [-0.2, 0) is 18.5 Å². The van der Waals surface area contributed by atoms with E-state index in [4.69, 9.17) is 9.47 Å². The number of hydrogen-bond acceptors (Lipinski definition) is 5. The number of ether oxygens (including phenoxy) is 2. The van der Waals surface area contributed by atoms with E-state index in [1.54, 1.807) is 19.2 Å². The van der Waals surface area contributed by atoms with Gasteiger partial charge in [-0.25, -0.2) is 4.90 Å². The highest BCUT2D eigenvalue weighted by Crippen LogP contribution is 2.37. The summed E-state index contributed by atoms with van der Waals surface area (Å²) in [7, 11) is 1.68. The maximum absolute atomic E-state index is 13.2. The van der Waals surface area contributed by atoms with Gasteiger partial charge < -0.3 is 14.4 Å². The number of imide groups is 1. The molecule has 0 aliphatic carbocycles. The summed E-state index contributed by atoms with van der Waals surface area (Å²) in [5, 5.41) is 0. The maximum atomic E-state index is 13.2. The van der Waals surface area contributed by atoms with Crippen LogP contribution in [0, 0.1) is 6.92 Å². The van der Waals surface area contributed by atoms with Crippen molar-refractivity contribution in [3.05, 3.63) is 148 Å². The van der Waals surface area contributed by atoms with E-state index >= 15 is 0 Å². The smallest absolute Gasteiger partial charge is 0.266 e. The molecule has 2 aliphatic rings. The van der Waals surface area contributed by atoms with E-state index < -0.39 is 0 Å². The fourth-order valence-electron chi connectivity index (χ4n) is 6.28. The number of aryl methyl sites for hydroxylation is 1. The lowest BCUT2D eigenvalue weighted by molar-refractivity contribution is 0.0926. The Hall–Kier alpha value is -5.36. The van der Waals surface area contributed by atoms with Crippen LogP contribution in [0.3, 0.4) is 0 Å². The number of nitrogens with zero attached hydrogens (tertiary/aromatic N) is 2. The topological polar surface area (TPSA) is 59.1 Å². The Morgan fingerprint density at radius 1 is 0.622 bits per heavy atom. The first kappa shape index (κ1) is 28.4. The molecule has 2 amide bonds. The van der Waals surface area contributed by atoms with E-state index in [-0.39, 0.29) is 17.2 Å². The first-order valence-corrected chi connectivity index (χ1v) is 15.1. The van der Waals surface area contributed by atoms with E-state index in [0.29, 0.717) is 23.4 Å². The third-order valence-corrected chi connectivity index (χ3v) is 9.02. The Balaban J connectivity index is 1.05. The molecule has 7 rings (SSSR count). The molecule has 0 atom stereocenters. The molecule has 5 aromatic rings. The summed E-state index contributed by atoms with van der Waals surface area (Å²) in [5.41, 5.74) is 8.05. The minimum absolute atomic E-state index is 0.169. The molecule has 45 heavy (non-hydrogen) atoms. The molecular weight excluding hydrogens is 560 g/mol. The first-order valence-electron chi connectivity index (χ1n) is 15.1. The summed E-state index contributed by atoms with van der Waals surface area (Å²) < 4.78 is 11.6. The van der Waals surface area contributed by atoms with Gasteiger partial charge in [0, 0.05) is 24.2 Å². The van der Waals surface area contributed by atoms with Crippen LogP contribution >= 0.6 is 0 Å². The number of carbonyl (C=O) groups excluding carboxylic acids is 2. The molecule has 0 saturated carbocycles. The molecule has 5 aromatic carbocycles. The summed E-state index contributed by atoms with van der Waals surface area (Å²) in [6.07, 6.45) is 0. The van der Waals surface area contributed by atoms with Crippen LogP contribution < -0.4 is 19.3 Å². The van der Waals surface area contributed by atoms with Crippen molar-refractivity contribution in [2.45, 2.75) is 39.3 Å². The number of fused-ring (bicyclic) bond motifs is 2. The molecule has 224 valence electrons. The summed E-state index contributed by atoms with van der Waals surface area (Å²) in [6.45, 7) is 7.78. The first-order chi connectivity index (χ1) is 21.7. The number of carbonyl (C=O) groups is 2. The number of anilines is 2. The number of methoxy groups -OCH3 is 1. The van der Waals surface area contributed by atoms with Gasteiger partial charge in [0.2, 0.25) is 0 Å². The minimum atomic E-state index is -0.282. The lowest BCUT2D eigenvalue weighted by atomic mass is 9.78. The van der Waals surface area contributed by atoms with Gasteiger partial charge in [0.25, 0.3) is 11.8 Å². The molecule has 0 aromatic heterocycles. The molecule has 2 heterocycles. The minimum Gasteiger partial charge on any atom is -0.497 e. The van der Waals surface area contributed by atoms with Gasteiger partial charge in [-0.3, -0.25) is 9.59 Å². The second-order valence-electron chi connectivity index (χ2n) is 12.3. The Morgan fingerprint density at radius 2 is 1.24 bits per heavy atom. The zero-order valence-corrected chi connectivity index (χ0v) is 25.8. The highest BCUT2D eigenvalue weighted by molar-refractivity contribution is 6.34. The molecule has 0 radical (unpaired) electrons. The van der Waals surface area contributed by atoms with Crippen molar-refractivity contribution in [1.29, 1.82) is 0 Å². The molecule has 0 bridgehead atoms. The van der Waals surface area contributed by atoms with E-state index in [2.05, 4.69) is 55.1 Å². The maximum Gasteiger partial charge on any atom is 0.266 e. The third-order valence-electron chi connectivity index (χ3n) is 9.02. The van der Waals surface area contributed by atoms with Crippen molar-refractivity contribution in [2.75, 3.05) is 16.9 Å². The Labute approximate surface area is 263 Å². The van der Waals surface area contributed by atoms with Gasteiger partial charge in [0.15, 0.2) is 0 Å². The molecular formula is C39H34N2O4. The van der Waals surface area contributed by atoms with Crippen LogP contribution in [0.1, 0.15) is 62.4 Å². The van der Waals surface area contributed by atoms with Crippen LogP contribution in [0.25, 0.3) is 0 Å². The van der Waals surface area contributed by atoms with E-state index in [9.17, 15) is 9.59 Å². The lowest BCUT2D eigenvalue weighted by Gasteiger charge is -2.26. The summed E-state index contributed by atoms with van der Waals surface area (Å²) >= 11 is 0. The van der Waals surface area contributed by atoms with Crippen molar-refractivity contribution >= 4 is 23.2 Å². The van der Waals surface area contributed by atoms with E-state index in [1.165, 1.54) is 27.2 Å². The van der Waals surface area contributed by atoms with Crippen molar-refractivity contribution in [1.82, 2.24) is 0 Å². The Morgan fingerprint density at radius 3 is 1.96 bits per heavy atom. The number of amides is 2. The Bertz CT molecular complexity index is 1940. The summed E-state index contributed by atoms with van der Waals surface area (Å²) in [5.74, 6) is 1.85. The fourth-order valence-corrected chi connectivity index (χ4v) is 6.28. The highest BCUT2D eigenvalue weighted by atomic mass is 16.5. The standard InChI is InChI=1S/C39H34N2O4/c1-25-8-19-35-36(20-25)38(43)41(37(35)42)31-7-5-6-30(22-31)40-23-26-9-14-34(21-27(26)24-40)45-33-17-12-29(13-18-33)39(2,3)28-10-15-32(44-4)16-11-28/h5-22H,23-24H2,1-4H3. The highest BCUT2D eigenvalue weighted by Gasteiger charge is 2.37. The molecule has 0 saturated heterocycles. The van der Waals surface area contributed by atoms with Crippen molar-refractivity contribution < 1.29 is 19.1 Å². The van der Waals surface area contributed by atoms with E-state index in [1.807, 2.05) is 67.6 Å². The van der Waals surface area contributed by atoms with Gasteiger partial charge >= 0.3 is 0 Å². The zero-order chi connectivity index (χ0) is 31.3. The predicted molar refractivity (Wildman–Crippen MR) is 177 cm³/mol.